The summed E-state index contributed by atoms with van der Waals surface area (Å²) in [7, 11) is 2.97. The fourth-order valence-corrected chi connectivity index (χ4v) is 8.66. The summed E-state index contributed by atoms with van der Waals surface area (Å²) in [5.41, 5.74) is -0.777. The molecule has 5 aliphatic rings. The number of methoxy groups -OCH3 is 2. The summed E-state index contributed by atoms with van der Waals surface area (Å²) in [6.45, 7) is 12.0. The number of rotatable bonds is 6. The highest BCUT2D eigenvalue weighted by Crippen LogP contribution is 2.49. The molecule has 0 radical (unpaired) electrons. The van der Waals surface area contributed by atoms with E-state index in [1.807, 2.05) is 0 Å². The first-order valence-corrected chi connectivity index (χ1v) is 21.6. The van der Waals surface area contributed by atoms with E-state index in [1.165, 1.54) is 46.3 Å². The lowest BCUT2D eigenvalue weighted by Crippen LogP contribution is -2.47. The van der Waals surface area contributed by atoms with Crippen LogP contribution < -0.4 is 20.1 Å². The highest BCUT2D eigenvalue weighted by atomic mass is 16.7. The number of morpholine rings is 1. The third-order valence-electron chi connectivity index (χ3n) is 12.8. The molecular formula is C48H59N3O14. The van der Waals surface area contributed by atoms with E-state index >= 15 is 0 Å². The highest BCUT2D eigenvalue weighted by molar-refractivity contribution is 6.32. The normalized spacial score (nSPS) is 28.9. The maximum Gasteiger partial charge on any atom is 0.407 e. The summed E-state index contributed by atoms with van der Waals surface area (Å²) in [4.78, 5) is 72.6. The predicted octanol–water partition coefficient (Wildman–Crippen LogP) is 4.66. The molecule has 0 aromatic heterocycles. The number of phenols is 1. The number of ketones is 3. The molecule has 2 aromatic rings. The van der Waals surface area contributed by atoms with Gasteiger partial charge >= 0.3 is 11.9 Å². The van der Waals surface area contributed by atoms with E-state index < -0.39 is 94.5 Å². The second kappa shape index (κ2) is 20.0. The van der Waals surface area contributed by atoms with Crippen molar-refractivity contribution in [1.29, 1.82) is 0 Å². The second-order valence-corrected chi connectivity index (χ2v) is 17.1. The molecule has 17 nitrogen and oxygen atoms in total. The molecule has 1 saturated heterocycles. The zero-order chi connectivity index (χ0) is 47.5. The van der Waals surface area contributed by atoms with Gasteiger partial charge in [0, 0.05) is 68.5 Å². The number of nitrogens with zero attached hydrogens (tertiary/aromatic N) is 1. The molecule has 17 heteroatoms. The van der Waals surface area contributed by atoms with E-state index in [9.17, 15) is 39.3 Å². The summed E-state index contributed by atoms with van der Waals surface area (Å²) >= 11 is 0. The third-order valence-corrected chi connectivity index (χ3v) is 12.8. The van der Waals surface area contributed by atoms with Crippen molar-refractivity contribution in [3.63, 3.8) is 0 Å². The quantitative estimate of drug-likeness (QED) is 0.266. The predicted molar refractivity (Wildman–Crippen MR) is 235 cm³/mol. The maximum absolute atomic E-state index is 14.8. The third kappa shape index (κ3) is 9.69. The van der Waals surface area contributed by atoms with Gasteiger partial charge in [-0.15, -0.1) is 0 Å². The monoisotopic (exact) mass is 901 g/mol. The molecule has 65 heavy (non-hydrogen) atoms. The smallest absolute Gasteiger partial charge is 0.407 e. The van der Waals surface area contributed by atoms with Crippen LogP contribution in [0.25, 0.3) is 0 Å². The summed E-state index contributed by atoms with van der Waals surface area (Å²) in [5.74, 6) is -8.25. The van der Waals surface area contributed by atoms with Crippen molar-refractivity contribution in [3.05, 3.63) is 99.6 Å². The lowest BCUT2D eigenvalue weighted by Gasteiger charge is -2.38. The van der Waals surface area contributed by atoms with E-state index in [2.05, 4.69) is 10.6 Å². The number of aromatic hydroxyl groups is 1. The van der Waals surface area contributed by atoms with Crippen LogP contribution in [-0.2, 0) is 30.3 Å². The van der Waals surface area contributed by atoms with Gasteiger partial charge in [0.05, 0.1) is 61.6 Å². The fraction of sp³-hybridized carbons (Fsp3) is 0.479. The molecule has 1 aliphatic carbocycles. The van der Waals surface area contributed by atoms with E-state index in [4.69, 9.17) is 28.4 Å². The van der Waals surface area contributed by atoms with Gasteiger partial charge in [-0.25, -0.2) is 4.79 Å². The first-order chi connectivity index (χ1) is 30.8. The van der Waals surface area contributed by atoms with Crippen molar-refractivity contribution in [1.82, 2.24) is 15.5 Å². The zero-order valence-electron chi connectivity index (χ0n) is 38.1. The Bertz CT molecular complexity index is 2310. The first kappa shape index (κ1) is 48.4. The number of hydrogen-bond donors (Lipinski definition) is 5. The van der Waals surface area contributed by atoms with E-state index in [1.54, 1.807) is 76.1 Å². The number of ether oxygens (including phenoxy) is 6. The van der Waals surface area contributed by atoms with Crippen LogP contribution in [0.4, 0.5) is 4.79 Å². The van der Waals surface area contributed by atoms with Gasteiger partial charge in [-0.2, -0.15) is 0 Å². The molecule has 350 valence electrons. The van der Waals surface area contributed by atoms with Crippen LogP contribution in [0.3, 0.4) is 0 Å². The highest BCUT2D eigenvalue weighted by Gasteiger charge is 2.53. The summed E-state index contributed by atoms with van der Waals surface area (Å²) in [5, 5.41) is 40.3. The van der Waals surface area contributed by atoms with Crippen LogP contribution in [0.2, 0.25) is 0 Å². The lowest BCUT2D eigenvalue weighted by atomic mass is 9.78. The van der Waals surface area contributed by atoms with Crippen molar-refractivity contribution >= 4 is 29.4 Å². The van der Waals surface area contributed by atoms with Gasteiger partial charge in [-0.05, 0) is 37.6 Å². The van der Waals surface area contributed by atoms with Gasteiger partial charge < -0.3 is 59.3 Å². The molecule has 8 unspecified atom stereocenters. The minimum Gasteiger partial charge on any atom is -0.507 e. The molecular weight excluding hydrogens is 843 g/mol. The molecule has 7 rings (SSSR count). The number of amides is 2. The van der Waals surface area contributed by atoms with Gasteiger partial charge in [-0.1, -0.05) is 58.1 Å². The molecule has 0 saturated carbocycles. The number of allylic oxidation sites excluding steroid dienone is 4. The number of carbonyl (C=O) groups is 5. The SMILES string of the molecule is COc1ccc(CNC(=O)OC2C(C)C(OC)C=CO[C@@]3(C)Oc4c(C)c(O)c5c(c4C3=O)C(=O)C(N3CCOCC3)=C(NC(=O)C(C)=CC=CC(C)C(O)C(C)C(O)C2C)C5=O)cc1. The van der Waals surface area contributed by atoms with Crippen LogP contribution in [0, 0.1) is 30.6 Å². The van der Waals surface area contributed by atoms with E-state index in [-0.39, 0.29) is 72.3 Å². The Morgan fingerprint density at radius 1 is 0.908 bits per heavy atom. The number of aliphatic hydroxyl groups excluding tert-OH is 2. The largest absolute Gasteiger partial charge is 0.507 e. The Morgan fingerprint density at radius 3 is 2.23 bits per heavy atom. The Hall–Kier alpha value is -6.01. The van der Waals surface area contributed by atoms with Crippen molar-refractivity contribution in [2.75, 3.05) is 40.5 Å². The fourth-order valence-electron chi connectivity index (χ4n) is 8.66. The number of alkyl carbamates (subject to hydrolysis) is 1. The molecule has 2 aromatic carbocycles. The summed E-state index contributed by atoms with van der Waals surface area (Å²) in [6.07, 6.45) is 2.32. The number of phenolic OH excluding ortho intramolecular Hbond substituents is 1. The average molecular weight is 902 g/mol. The number of nitrogens with one attached hydrogen (secondary N) is 2. The van der Waals surface area contributed by atoms with Gasteiger partial charge in [0.1, 0.15) is 34.7 Å². The number of carbonyl (C=O) groups excluding carboxylic acids is 5. The first-order valence-electron chi connectivity index (χ1n) is 21.6. The van der Waals surface area contributed by atoms with Crippen LogP contribution in [-0.4, -0.2) is 120 Å². The van der Waals surface area contributed by atoms with Gasteiger partial charge in [0.2, 0.25) is 11.6 Å². The lowest BCUT2D eigenvalue weighted by molar-refractivity contribution is -0.116. The number of aliphatic hydroxyl groups is 2. The molecule has 5 bridgehead atoms. The zero-order valence-corrected chi connectivity index (χ0v) is 38.1. The average Bonchev–Trinajstić information content (AvgIpc) is 3.57. The van der Waals surface area contributed by atoms with Crippen LogP contribution in [0.15, 0.2) is 71.8 Å². The van der Waals surface area contributed by atoms with Gasteiger partial charge in [0.25, 0.3) is 11.7 Å². The van der Waals surface area contributed by atoms with Crippen LogP contribution in [0.5, 0.6) is 17.2 Å². The number of Topliss-reactive ketones (excluding diaryl/α,β-unsaturated/α-hetero) is 3. The molecule has 1 fully saturated rings. The molecule has 0 spiro atoms. The van der Waals surface area contributed by atoms with Crippen molar-refractivity contribution in [3.8, 4) is 17.2 Å². The molecule has 9 atom stereocenters. The van der Waals surface area contributed by atoms with Gasteiger partial charge in [0.15, 0.2) is 0 Å². The standard InChI is InChI=1S/C48H59N3O14/c1-24-11-10-12-25(2)46(58)50-36-37(51-18-21-62-22-19-51)42(56)33-34(41(36)55)40(54)29(6)44-35(33)45(57)48(7,65-44)63-20-17-32(61-9)26(3)43(28(5)39(53)27(4)38(24)52)64-47(59)49-23-30-13-15-31(60-8)16-14-30/h10-17,20,24,26-28,32,38-39,43,52-54H,18-19,21-23H2,1-9H3,(H,49,59)(H,50,58)/t24?,26?,27?,28?,32?,38?,39?,43?,48-/m0/s1. The topological polar surface area (TPSA) is 229 Å². The second-order valence-electron chi connectivity index (χ2n) is 17.1. The maximum atomic E-state index is 14.8. The number of benzene rings is 2. The van der Waals surface area contributed by atoms with Crippen LogP contribution >= 0.6 is 0 Å². The van der Waals surface area contributed by atoms with Crippen molar-refractivity contribution in [2.45, 2.75) is 85.2 Å². The Labute approximate surface area is 378 Å². The number of hydrogen-bond acceptors (Lipinski definition) is 15. The number of fused-ring (bicyclic) bond motifs is 14. The van der Waals surface area contributed by atoms with E-state index in [0.717, 1.165) is 5.56 Å². The summed E-state index contributed by atoms with van der Waals surface area (Å²) in [6, 6.07) is 7.10. The summed E-state index contributed by atoms with van der Waals surface area (Å²) < 4.78 is 34.8. The Balaban J connectivity index is 1.41. The van der Waals surface area contributed by atoms with E-state index in [0.29, 0.717) is 5.75 Å². The molecule has 2 amide bonds. The molecule has 4 aliphatic heterocycles. The minimum atomic E-state index is -2.11. The van der Waals surface area contributed by atoms with Gasteiger partial charge in [-0.3, -0.25) is 19.2 Å². The molecule has 5 N–H and O–H groups in total. The Morgan fingerprint density at radius 2 is 1.58 bits per heavy atom. The van der Waals surface area contributed by atoms with Crippen LogP contribution in [0.1, 0.15) is 83.7 Å². The molecule has 4 heterocycles. The minimum absolute atomic E-state index is 0.0106. The Kier molecular flexibility index (Phi) is 14.9. The van der Waals surface area contributed by atoms with Crippen molar-refractivity contribution in [2.24, 2.45) is 23.7 Å². The van der Waals surface area contributed by atoms with Crippen molar-refractivity contribution < 1.29 is 67.7 Å².